The first kappa shape index (κ1) is 10.8. The second kappa shape index (κ2) is 4.19. The predicted molar refractivity (Wildman–Crippen MR) is 72.4 cm³/mol. The van der Waals surface area contributed by atoms with E-state index in [1.807, 2.05) is 0 Å². The summed E-state index contributed by atoms with van der Waals surface area (Å²) >= 11 is 0. The van der Waals surface area contributed by atoms with Gasteiger partial charge in [-0.3, -0.25) is 0 Å². The minimum atomic E-state index is 0.723. The number of aryl methyl sites for hydroxylation is 1. The Morgan fingerprint density at radius 2 is 2.12 bits per heavy atom. The van der Waals surface area contributed by atoms with Crippen LogP contribution in [0.1, 0.15) is 24.8 Å². The lowest BCUT2D eigenvalue weighted by atomic mass is 9.98. The van der Waals surface area contributed by atoms with Crippen LogP contribution in [0.5, 0.6) is 0 Å². The van der Waals surface area contributed by atoms with Crippen molar-refractivity contribution in [2.75, 3.05) is 19.6 Å². The highest BCUT2D eigenvalue weighted by Crippen LogP contribution is 2.33. The molecule has 0 saturated carbocycles. The summed E-state index contributed by atoms with van der Waals surface area (Å²) in [6.45, 7) is 5.92. The highest BCUT2D eigenvalue weighted by molar-refractivity contribution is 5.84. The standard InChI is InChI=1S/C15H20N2/c1-3-17-9-8-12(10-17)14-11-16(2)15-7-5-4-6-13(14)15/h4-7,11-12H,3,8-10H2,1-2H3/t12-/m1/s1. The largest absolute Gasteiger partial charge is 0.350 e. The highest BCUT2D eigenvalue weighted by Gasteiger charge is 2.25. The number of benzene rings is 1. The van der Waals surface area contributed by atoms with E-state index >= 15 is 0 Å². The van der Waals surface area contributed by atoms with Crippen molar-refractivity contribution in [2.24, 2.45) is 7.05 Å². The third-order valence-electron chi connectivity index (χ3n) is 4.09. The molecule has 0 aliphatic carbocycles. The Kier molecular flexibility index (Phi) is 2.67. The summed E-state index contributed by atoms with van der Waals surface area (Å²) in [5, 5.41) is 1.44. The Balaban J connectivity index is 2.01. The van der Waals surface area contributed by atoms with Crippen LogP contribution in [-0.4, -0.2) is 29.1 Å². The summed E-state index contributed by atoms with van der Waals surface area (Å²) < 4.78 is 2.26. The molecule has 2 nitrogen and oxygen atoms in total. The van der Waals surface area contributed by atoms with Crippen LogP contribution in [0, 0.1) is 0 Å². The molecule has 3 rings (SSSR count). The molecule has 17 heavy (non-hydrogen) atoms. The van der Waals surface area contributed by atoms with Crippen LogP contribution in [0.4, 0.5) is 0 Å². The van der Waals surface area contributed by atoms with Gasteiger partial charge in [-0.25, -0.2) is 0 Å². The molecule has 1 fully saturated rings. The molecule has 90 valence electrons. The second-order valence-electron chi connectivity index (χ2n) is 5.09. The molecule has 1 saturated heterocycles. The van der Waals surface area contributed by atoms with E-state index in [0.29, 0.717) is 0 Å². The topological polar surface area (TPSA) is 8.17 Å². The van der Waals surface area contributed by atoms with Crippen molar-refractivity contribution in [2.45, 2.75) is 19.3 Å². The van der Waals surface area contributed by atoms with E-state index in [-0.39, 0.29) is 0 Å². The van der Waals surface area contributed by atoms with Gasteiger partial charge in [0.05, 0.1) is 0 Å². The third kappa shape index (κ3) is 1.77. The quantitative estimate of drug-likeness (QED) is 0.767. The molecular formula is C15H20N2. The lowest BCUT2D eigenvalue weighted by molar-refractivity contribution is 0.354. The number of aromatic nitrogens is 1. The first-order chi connectivity index (χ1) is 8.29. The van der Waals surface area contributed by atoms with Gasteiger partial charge < -0.3 is 9.47 Å². The molecule has 0 spiro atoms. The van der Waals surface area contributed by atoms with Crippen LogP contribution in [0.3, 0.4) is 0 Å². The van der Waals surface area contributed by atoms with Gasteiger partial charge >= 0.3 is 0 Å². The second-order valence-corrected chi connectivity index (χ2v) is 5.09. The SMILES string of the molecule is CCN1CC[C@@H](c2cn(C)c3ccccc23)C1. The molecule has 0 bridgehead atoms. The van der Waals surface area contributed by atoms with Crippen LogP contribution in [-0.2, 0) is 7.05 Å². The van der Waals surface area contributed by atoms with Gasteiger partial charge in [0.2, 0.25) is 0 Å². The number of nitrogens with zero attached hydrogens (tertiary/aromatic N) is 2. The van der Waals surface area contributed by atoms with Crippen LogP contribution in [0.15, 0.2) is 30.5 Å². The number of hydrogen-bond donors (Lipinski definition) is 0. The van der Waals surface area contributed by atoms with Crippen molar-refractivity contribution in [3.63, 3.8) is 0 Å². The fraction of sp³-hybridized carbons (Fsp3) is 0.467. The van der Waals surface area contributed by atoms with Crippen molar-refractivity contribution < 1.29 is 0 Å². The number of hydrogen-bond acceptors (Lipinski definition) is 1. The summed E-state index contributed by atoms with van der Waals surface area (Å²) in [6, 6.07) is 8.75. The average molecular weight is 228 g/mol. The molecule has 2 heteroatoms. The van der Waals surface area contributed by atoms with Crippen molar-refractivity contribution in [3.05, 3.63) is 36.0 Å². The van der Waals surface area contributed by atoms with E-state index in [1.54, 1.807) is 5.56 Å². The van der Waals surface area contributed by atoms with E-state index in [0.717, 1.165) is 5.92 Å². The van der Waals surface area contributed by atoms with Crippen molar-refractivity contribution in [1.82, 2.24) is 9.47 Å². The number of para-hydroxylation sites is 1. The molecule has 1 aliphatic heterocycles. The van der Waals surface area contributed by atoms with Gasteiger partial charge in [-0.05, 0) is 37.1 Å². The third-order valence-corrected chi connectivity index (χ3v) is 4.09. The molecule has 0 radical (unpaired) electrons. The molecule has 1 aromatic carbocycles. The zero-order valence-electron chi connectivity index (χ0n) is 10.7. The number of fused-ring (bicyclic) bond motifs is 1. The maximum absolute atomic E-state index is 2.55. The van der Waals surface area contributed by atoms with Gasteiger partial charge in [-0.1, -0.05) is 25.1 Å². The van der Waals surface area contributed by atoms with Gasteiger partial charge in [-0.15, -0.1) is 0 Å². The Bertz CT molecular complexity index is 527. The fourth-order valence-corrected chi connectivity index (χ4v) is 3.07. The van der Waals surface area contributed by atoms with E-state index in [1.165, 1.54) is 37.0 Å². The molecule has 2 heterocycles. The lowest BCUT2D eigenvalue weighted by Gasteiger charge is -2.12. The average Bonchev–Trinajstić information content (AvgIpc) is 2.95. The van der Waals surface area contributed by atoms with E-state index in [2.05, 4.69) is 53.9 Å². The fourth-order valence-electron chi connectivity index (χ4n) is 3.07. The molecule has 1 atom stereocenters. The minimum absolute atomic E-state index is 0.723. The summed E-state index contributed by atoms with van der Waals surface area (Å²) in [5.74, 6) is 0.723. The number of likely N-dealkylation sites (N-methyl/N-ethyl adjacent to an activating group) is 1. The lowest BCUT2D eigenvalue weighted by Crippen LogP contribution is -2.19. The smallest absolute Gasteiger partial charge is 0.0480 e. The van der Waals surface area contributed by atoms with E-state index in [9.17, 15) is 0 Å². The monoisotopic (exact) mass is 228 g/mol. The normalized spacial score (nSPS) is 21.4. The first-order valence-corrected chi connectivity index (χ1v) is 6.56. The number of rotatable bonds is 2. The summed E-state index contributed by atoms with van der Waals surface area (Å²) in [6.07, 6.45) is 3.64. The Morgan fingerprint density at radius 1 is 1.29 bits per heavy atom. The molecule has 2 aromatic rings. The van der Waals surface area contributed by atoms with Crippen LogP contribution < -0.4 is 0 Å². The molecule has 0 N–H and O–H groups in total. The van der Waals surface area contributed by atoms with Crippen LogP contribution >= 0.6 is 0 Å². The van der Waals surface area contributed by atoms with Crippen molar-refractivity contribution in [3.8, 4) is 0 Å². The van der Waals surface area contributed by atoms with Crippen molar-refractivity contribution in [1.29, 1.82) is 0 Å². The summed E-state index contributed by atoms with van der Waals surface area (Å²) in [7, 11) is 2.15. The Morgan fingerprint density at radius 3 is 2.88 bits per heavy atom. The zero-order valence-corrected chi connectivity index (χ0v) is 10.7. The zero-order chi connectivity index (χ0) is 11.8. The predicted octanol–water partition coefficient (Wildman–Crippen LogP) is 2.99. The Hall–Kier alpha value is -1.28. The summed E-state index contributed by atoms with van der Waals surface area (Å²) in [5.41, 5.74) is 2.90. The van der Waals surface area contributed by atoms with Gasteiger partial charge in [0, 0.05) is 30.7 Å². The molecule has 0 amide bonds. The number of likely N-dealkylation sites (tertiary alicyclic amines) is 1. The highest BCUT2D eigenvalue weighted by atomic mass is 15.1. The molecular weight excluding hydrogens is 208 g/mol. The van der Waals surface area contributed by atoms with Crippen LogP contribution in [0.2, 0.25) is 0 Å². The maximum Gasteiger partial charge on any atom is 0.0480 e. The van der Waals surface area contributed by atoms with Gasteiger partial charge in [-0.2, -0.15) is 0 Å². The van der Waals surface area contributed by atoms with E-state index in [4.69, 9.17) is 0 Å². The minimum Gasteiger partial charge on any atom is -0.350 e. The van der Waals surface area contributed by atoms with Crippen molar-refractivity contribution >= 4 is 10.9 Å². The van der Waals surface area contributed by atoms with Gasteiger partial charge in [0.1, 0.15) is 0 Å². The van der Waals surface area contributed by atoms with E-state index < -0.39 is 0 Å². The first-order valence-electron chi connectivity index (χ1n) is 6.56. The molecule has 0 unspecified atom stereocenters. The van der Waals surface area contributed by atoms with Crippen LogP contribution in [0.25, 0.3) is 10.9 Å². The maximum atomic E-state index is 2.55. The van der Waals surface area contributed by atoms with Gasteiger partial charge in [0.25, 0.3) is 0 Å². The summed E-state index contributed by atoms with van der Waals surface area (Å²) in [4.78, 5) is 2.55. The molecule has 1 aromatic heterocycles. The Labute approximate surface area is 103 Å². The molecule has 1 aliphatic rings. The van der Waals surface area contributed by atoms with Gasteiger partial charge in [0.15, 0.2) is 0 Å².